The lowest BCUT2D eigenvalue weighted by Crippen LogP contribution is -2.41. The Hall–Kier alpha value is -2.29. The van der Waals surface area contributed by atoms with Gasteiger partial charge in [0, 0.05) is 38.6 Å². The maximum atomic E-state index is 12.3. The molecule has 2 heterocycles. The Balaban J connectivity index is 0.00000272. The molecule has 166 valence electrons. The molecule has 1 saturated heterocycles. The number of rotatable bonds is 6. The molecule has 7 heteroatoms. The summed E-state index contributed by atoms with van der Waals surface area (Å²) in [6, 6.07) is 18.4. The number of hydrogen-bond donors (Lipinski definition) is 1. The summed E-state index contributed by atoms with van der Waals surface area (Å²) >= 11 is 0. The van der Waals surface area contributed by atoms with Gasteiger partial charge in [-0.3, -0.25) is 9.79 Å². The van der Waals surface area contributed by atoms with E-state index in [0.717, 1.165) is 49.9 Å². The van der Waals surface area contributed by atoms with E-state index in [1.807, 2.05) is 29.2 Å². The van der Waals surface area contributed by atoms with Crippen molar-refractivity contribution in [1.29, 1.82) is 0 Å². The van der Waals surface area contributed by atoms with E-state index in [1.54, 1.807) is 0 Å². The summed E-state index contributed by atoms with van der Waals surface area (Å²) < 4.78 is 5.52. The summed E-state index contributed by atoms with van der Waals surface area (Å²) in [6.07, 6.45) is 1.96. The molecule has 6 nitrogen and oxygen atoms in total. The van der Waals surface area contributed by atoms with Crippen molar-refractivity contribution in [3.63, 3.8) is 0 Å². The number of anilines is 1. The van der Waals surface area contributed by atoms with Crippen LogP contribution in [0.4, 0.5) is 5.69 Å². The third-order valence-electron chi connectivity index (χ3n) is 5.70. The number of amides is 1. The Bertz CT molecular complexity index is 890. The number of hydrogen-bond acceptors (Lipinski definition) is 3. The molecule has 1 unspecified atom stereocenters. The number of fused-ring (bicyclic) bond motifs is 1. The van der Waals surface area contributed by atoms with Gasteiger partial charge in [-0.15, -0.1) is 24.0 Å². The van der Waals surface area contributed by atoms with Crippen molar-refractivity contribution < 1.29 is 9.53 Å². The van der Waals surface area contributed by atoms with E-state index in [0.29, 0.717) is 19.0 Å². The van der Waals surface area contributed by atoms with E-state index in [1.165, 1.54) is 5.56 Å². The molecule has 1 N–H and O–H groups in total. The highest BCUT2D eigenvalue weighted by atomic mass is 127. The predicted octanol–water partition coefficient (Wildman–Crippen LogP) is 3.88. The fourth-order valence-corrected chi connectivity index (χ4v) is 4.19. The topological polar surface area (TPSA) is 57.2 Å². The smallest absolute Gasteiger partial charge is 0.265 e. The minimum absolute atomic E-state index is 0. The molecule has 0 aromatic heterocycles. The summed E-state index contributed by atoms with van der Waals surface area (Å²) in [5.41, 5.74) is 2.26. The zero-order valence-electron chi connectivity index (χ0n) is 18.0. The SMILES string of the molecule is CCNC(=NCCCN1C(=O)COc2ccccc21)N1CCC(c2ccccc2)C1.I. The first-order valence-electron chi connectivity index (χ1n) is 10.9. The van der Waals surface area contributed by atoms with Crippen LogP contribution in [-0.4, -0.2) is 56.1 Å². The van der Waals surface area contributed by atoms with Crippen LogP contribution in [0.1, 0.15) is 31.2 Å². The molecule has 31 heavy (non-hydrogen) atoms. The molecule has 2 aliphatic heterocycles. The van der Waals surface area contributed by atoms with Crippen LogP contribution in [0.15, 0.2) is 59.6 Å². The Kier molecular flexibility index (Phi) is 8.57. The van der Waals surface area contributed by atoms with E-state index in [2.05, 4.69) is 47.5 Å². The number of para-hydroxylation sites is 2. The van der Waals surface area contributed by atoms with Crippen molar-refractivity contribution >= 4 is 41.5 Å². The molecular formula is C24H31IN4O2. The molecule has 2 aromatic rings. The van der Waals surface area contributed by atoms with Crippen LogP contribution in [0.2, 0.25) is 0 Å². The first kappa shape index (κ1) is 23.4. The number of benzene rings is 2. The second-order valence-electron chi connectivity index (χ2n) is 7.73. The number of aliphatic imine (C=N–C) groups is 1. The van der Waals surface area contributed by atoms with E-state index in [9.17, 15) is 4.79 Å². The van der Waals surface area contributed by atoms with Gasteiger partial charge in [0.25, 0.3) is 5.91 Å². The quantitative estimate of drug-likeness (QED) is 0.265. The van der Waals surface area contributed by atoms with Gasteiger partial charge >= 0.3 is 0 Å². The van der Waals surface area contributed by atoms with Crippen LogP contribution in [0.5, 0.6) is 5.75 Å². The number of ether oxygens (including phenoxy) is 1. The number of carbonyl (C=O) groups excluding carboxylic acids is 1. The summed E-state index contributed by atoms with van der Waals surface area (Å²) in [7, 11) is 0. The number of halogens is 1. The molecule has 1 amide bonds. The van der Waals surface area contributed by atoms with E-state index < -0.39 is 0 Å². The van der Waals surface area contributed by atoms with Crippen LogP contribution in [0.25, 0.3) is 0 Å². The summed E-state index contributed by atoms with van der Waals surface area (Å²) in [5.74, 6) is 2.31. The zero-order valence-corrected chi connectivity index (χ0v) is 20.3. The van der Waals surface area contributed by atoms with E-state index in [-0.39, 0.29) is 36.5 Å². The average molecular weight is 534 g/mol. The largest absolute Gasteiger partial charge is 0.482 e. The van der Waals surface area contributed by atoms with E-state index >= 15 is 0 Å². The van der Waals surface area contributed by atoms with Gasteiger partial charge in [-0.25, -0.2) is 0 Å². The van der Waals surface area contributed by atoms with Crippen molar-refractivity contribution in [2.24, 2.45) is 4.99 Å². The van der Waals surface area contributed by atoms with Crippen molar-refractivity contribution in [2.45, 2.75) is 25.7 Å². The minimum atomic E-state index is 0. The predicted molar refractivity (Wildman–Crippen MR) is 136 cm³/mol. The number of nitrogens with one attached hydrogen (secondary N) is 1. The number of nitrogens with zero attached hydrogens (tertiary/aromatic N) is 3. The number of carbonyl (C=O) groups is 1. The van der Waals surface area contributed by atoms with Crippen LogP contribution >= 0.6 is 24.0 Å². The highest BCUT2D eigenvalue weighted by Crippen LogP contribution is 2.31. The van der Waals surface area contributed by atoms with Crippen molar-refractivity contribution in [1.82, 2.24) is 10.2 Å². The van der Waals surface area contributed by atoms with Crippen LogP contribution < -0.4 is 15.0 Å². The molecule has 0 bridgehead atoms. The lowest BCUT2D eigenvalue weighted by atomic mass is 9.99. The first-order valence-corrected chi connectivity index (χ1v) is 10.9. The third kappa shape index (κ3) is 5.70. The Morgan fingerprint density at radius 1 is 1.16 bits per heavy atom. The molecular weight excluding hydrogens is 503 g/mol. The van der Waals surface area contributed by atoms with Crippen molar-refractivity contribution in [3.05, 3.63) is 60.2 Å². The van der Waals surface area contributed by atoms with Gasteiger partial charge in [0.05, 0.1) is 5.69 Å². The molecule has 0 saturated carbocycles. The highest BCUT2D eigenvalue weighted by molar-refractivity contribution is 14.0. The fraction of sp³-hybridized carbons (Fsp3) is 0.417. The van der Waals surface area contributed by atoms with Gasteiger partial charge in [0.2, 0.25) is 0 Å². The van der Waals surface area contributed by atoms with Gasteiger partial charge in [-0.05, 0) is 37.5 Å². The Morgan fingerprint density at radius 3 is 2.74 bits per heavy atom. The standard InChI is InChI=1S/C24H30N4O2.HI/c1-2-25-24(27-16-13-20(17-27)19-9-4-3-5-10-19)26-14-8-15-28-21-11-6-7-12-22(21)30-18-23(28)29;/h3-7,9-12,20H,2,8,13-18H2,1H3,(H,25,26);1H. The summed E-state index contributed by atoms with van der Waals surface area (Å²) in [4.78, 5) is 21.3. The minimum Gasteiger partial charge on any atom is -0.482 e. The second kappa shape index (κ2) is 11.4. The molecule has 0 radical (unpaired) electrons. The van der Waals surface area contributed by atoms with Crippen LogP contribution in [-0.2, 0) is 4.79 Å². The van der Waals surface area contributed by atoms with E-state index in [4.69, 9.17) is 9.73 Å². The monoisotopic (exact) mass is 534 g/mol. The third-order valence-corrected chi connectivity index (χ3v) is 5.70. The number of likely N-dealkylation sites (tertiary alicyclic amines) is 1. The van der Waals surface area contributed by atoms with Crippen molar-refractivity contribution in [3.8, 4) is 5.75 Å². The first-order chi connectivity index (χ1) is 14.8. The molecule has 2 aromatic carbocycles. The van der Waals surface area contributed by atoms with Gasteiger partial charge in [-0.2, -0.15) is 0 Å². The molecule has 2 aliphatic rings. The summed E-state index contributed by atoms with van der Waals surface area (Å²) in [6.45, 7) is 6.39. The molecule has 1 atom stereocenters. The maximum Gasteiger partial charge on any atom is 0.265 e. The average Bonchev–Trinajstić information content (AvgIpc) is 3.28. The molecule has 1 fully saturated rings. The summed E-state index contributed by atoms with van der Waals surface area (Å²) in [5, 5.41) is 3.43. The van der Waals surface area contributed by atoms with Gasteiger partial charge in [-0.1, -0.05) is 42.5 Å². The van der Waals surface area contributed by atoms with Gasteiger partial charge in [0.15, 0.2) is 12.6 Å². The van der Waals surface area contributed by atoms with Gasteiger partial charge < -0.3 is 19.9 Å². The lowest BCUT2D eigenvalue weighted by Gasteiger charge is -2.29. The molecule has 4 rings (SSSR count). The van der Waals surface area contributed by atoms with Gasteiger partial charge in [0.1, 0.15) is 5.75 Å². The van der Waals surface area contributed by atoms with Crippen LogP contribution in [0, 0.1) is 0 Å². The zero-order chi connectivity index (χ0) is 20.8. The molecule has 0 aliphatic carbocycles. The number of guanidine groups is 1. The second-order valence-corrected chi connectivity index (χ2v) is 7.73. The fourth-order valence-electron chi connectivity index (χ4n) is 4.19. The Morgan fingerprint density at radius 2 is 1.94 bits per heavy atom. The molecule has 0 spiro atoms. The van der Waals surface area contributed by atoms with Crippen LogP contribution in [0.3, 0.4) is 0 Å². The lowest BCUT2D eigenvalue weighted by molar-refractivity contribution is -0.121. The van der Waals surface area contributed by atoms with Crippen molar-refractivity contribution in [2.75, 3.05) is 44.2 Å². The normalized spacial score (nSPS) is 18.3. The maximum absolute atomic E-state index is 12.3. The Labute approximate surface area is 201 Å². The highest BCUT2D eigenvalue weighted by Gasteiger charge is 2.26.